The molecule has 1 aromatic carbocycles. The molecule has 0 amide bonds. The van der Waals surface area contributed by atoms with Crippen molar-refractivity contribution < 1.29 is 14.6 Å². The first-order valence-electron chi connectivity index (χ1n) is 9.78. The number of aliphatic hydroxyl groups excluding tert-OH is 1. The third kappa shape index (κ3) is 5.79. The molecule has 0 aromatic heterocycles. The minimum absolute atomic E-state index is 0.151. The summed E-state index contributed by atoms with van der Waals surface area (Å²) in [5, 5.41) is 14.0. The van der Waals surface area contributed by atoms with Gasteiger partial charge < -0.3 is 15.6 Å². The van der Waals surface area contributed by atoms with Gasteiger partial charge in [-0.1, -0.05) is 57.5 Å². The smallest absolute Gasteiger partial charge is 0.320 e. The molecule has 1 saturated carbocycles. The van der Waals surface area contributed by atoms with E-state index in [1.165, 1.54) is 6.42 Å². The van der Waals surface area contributed by atoms with Crippen LogP contribution in [0.1, 0.15) is 51.7 Å². The van der Waals surface area contributed by atoms with Crippen LogP contribution in [0.4, 0.5) is 0 Å². The molecule has 146 valence electrons. The summed E-state index contributed by atoms with van der Waals surface area (Å²) in [5.74, 6) is 1.47. The predicted octanol–water partition coefficient (Wildman–Crippen LogP) is 2.85. The van der Waals surface area contributed by atoms with Crippen LogP contribution in [0.25, 0.3) is 0 Å². The highest BCUT2D eigenvalue weighted by Gasteiger charge is 2.35. The summed E-state index contributed by atoms with van der Waals surface area (Å²) in [7, 11) is 0. The van der Waals surface area contributed by atoms with Gasteiger partial charge in [-0.05, 0) is 36.2 Å². The summed E-state index contributed by atoms with van der Waals surface area (Å²) < 4.78 is 5.48. The summed E-state index contributed by atoms with van der Waals surface area (Å²) in [6, 6.07) is 9.58. The van der Waals surface area contributed by atoms with Gasteiger partial charge in [0, 0.05) is 12.5 Å². The molecule has 5 heteroatoms. The van der Waals surface area contributed by atoms with Gasteiger partial charge in [0.2, 0.25) is 0 Å². The zero-order valence-corrected chi connectivity index (χ0v) is 16.2. The van der Waals surface area contributed by atoms with Crippen molar-refractivity contribution in [1.29, 1.82) is 0 Å². The number of carbonyl (C=O) groups is 1. The van der Waals surface area contributed by atoms with Crippen LogP contribution in [-0.2, 0) is 9.53 Å². The van der Waals surface area contributed by atoms with Crippen LogP contribution >= 0.6 is 0 Å². The van der Waals surface area contributed by atoms with E-state index < -0.39 is 18.3 Å². The van der Waals surface area contributed by atoms with Crippen molar-refractivity contribution in [3.8, 4) is 0 Å². The van der Waals surface area contributed by atoms with E-state index in [0.29, 0.717) is 24.3 Å². The van der Waals surface area contributed by atoms with Crippen LogP contribution in [0.3, 0.4) is 0 Å². The lowest BCUT2D eigenvalue weighted by atomic mass is 9.69. The molecule has 1 unspecified atom stereocenters. The normalized spacial score (nSPS) is 25.7. The lowest BCUT2D eigenvalue weighted by Gasteiger charge is -2.40. The van der Waals surface area contributed by atoms with Crippen LogP contribution in [0.15, 0.2) is 30.3 Å². The summed E-state index contributed by atoms with van der Waals surface area (Å²) in [4.78, 5) is 11.7. The highest BCUT2D eigenvalue weighted by atomic mass is 16.5. The van der Waals surface area contributed by atoms with Gasteiger partial charge in [0.05, 0.1) is 6.54 Å². The fourth-order valence-electron chi connectivity index (χ4n) is 4.12. The van der Waals surface area contributed by atoms with E-state index in [1.54, 1.807) is 0 Å². The summed E-state index contributed by atoms with van der Waals surface area (Å²) in [5.41, 5.74) is 6.29. The van der Waals surface area contributed by atoms with Crippen LogP contribution in [0.2, 0.25) is 0 Å². The van der Waals surface area contributed by atoms with Gasteiger partial charge in [-0.15, -0.1) is 0 Å². The maximum atomic E-state index is 11.7. The Morgan fingerprint density at radius 3 is 2.58 bits per heavy atom. The van der Waals surface area contributed by atoms with Crippen molar-refractivity contribution in [1.82, 2.24) is 5.32 Å². The van der Waals surface area contributed by atoms with Crippen molar-refractivity contribution in [2.45, 2.75) is 52.4 Å². The van der Waals surface area contributed by atoms with E-state index >= 15 is 0 Å². The van der Waals surface area contributed by atoms with Crippen molar-refractivity contribution in [2.75, 3.05) is 13.1 Å². The van der Waals surface area contributed by atoms with Crippen LogP contribution in [0.5, 0.6) is 0 Å². The van der Waals surface area contributed by atoms with Crippen molar-refractivity contribution in [2.24, 2.45) is 29.4 Å². The third-order valence-electron chi connectivity index (χ3n) is 5.60. The maximum absolute atomic E-state index is 11.7. The largest absolute Gasteiger partial charge is 0.455 e. The molecular weight excluding hydrogens is 328 g/mol. The van der Waals surface area contributed by atoms with E-state index in [-0.39, 0.29) is 12.5 Å². The fourth-order valence-corrected chi connectivity index (χ4v) is 4.12. The number of benzene rings is 1. The molecule has 0 bridgehead atoms. The minimum Gasteiger partial charge on any atom is -0.455 e. The fraction of sp³-hybridized carbons (Fsp3) is 0.667. The number of hydrogen-bond donors (Lipinski definition) is 3. The van der Waals surface area contributed by atoms with E-state index in [0.717, 1.165) is 18.4 Å². The molecule has 1 aliphatic carbocycles. The number of nitrogens with two attached hydrogens (primary N) is 1. The van der Waals surface area contributed by atoms with Crippen LogP contribution in [0, 0.1) is 23.7 Å². The second-order valence-electron chi connectivity index (χ2n) is 7.94. The van der Waals surface area contributed by atoms with Gasteiger partial charge in [-0.25, -0.2) is 0 Å². The quantitative estimate of drug-likeness (QED) is 0.489. The first-order chi connectivity index (χ1) is 12.4. The molecule has 1 aliphatic rings. The lowest BCUT2D eigenvalue weighted by Crippen LogP contribution is -2.45. The highest BCUT2D eigenvalue weighted by Crippen LogP contribution is 2.39. The van der Waals surface area contributed by atoms with Gasteiger partial charge in [0.15, 0.2) is 0 Å². The molecule has 0 saturated heterocycles. The topological polar surface area (TPSA) is 84.6 Å². The highest BCUT2D eigenvalue weighted by molar-refractivity contribution is 5.71. The van der Waals surface area contributed by atoms with Crippen molar-refractivity contribution in [3.63, 3.8) is 0 Å². The molecule has 0 spiro atoms. The summed E-state index contributed by atoms with van der Waals surface area (Å²) >= 11 is 0. The number of hydrogen-bond acceptors (Lipinski definition) is 5. The molecule has 1 aromatic rings. The molecular formula is C21H34N2O3. The number of carbonyl (C=O) groups excluding carboxylic acids is 1. The molecule has 4 N–H and O–H groups in total. The average Bonchev–Trinajstić information content (AvgIpc) is 2.64. The van der Waals surface area contributed by atoms with E-state index in [9.17, 15) is 9.90 Å². The Balaban J connectivity index is 2.02. The number of rotatable bonds is 8. The van der Waals surface area contributed by atoms with Crippen molar-refractivity contribution >= 4 is 5.97 Å². The monoisotopic (exact) mass is 362 g/mol. The first kappa shape index (κ1) is 20.9. The maximum Gasteiger partial charge on any atom is 0.320 e. The molecule has 0 heterocycles. The Kier molecular flexibility index (Phi) is 8.07. The van der Waals surface area contributed by atoms with Gasteiger partial charge in [-0.3, -0.25) is 10.1 Å². The van der Waals surface area contributed by atoms with Crippen molar-refractivity contribution in [3.05, 3.63) is 35.9 Å². The number of ether oxygens (including phenoxy) is 1. The second-order valence-corrected chi connectivity index (χ2v) is 7.94. The zero-order valence-electron chi connectivity index (χ0n) is 16.2. The van der Waals surface area contributed by atoms with Gasteiger partial charge >= 0.3 is 5.97 Å². The number of aliphatic hydroxyl groups is 1. The molecule has 1 fully saturated rings. The van der Waals surface area contributed by atoms with E-state index in [1.807, 2.05) is 30.3 Å². The zero-order chi connectivity index (χ0) is 19.1. The Morgan fingerprint density at radius 2 is 1.96 bits per heavy atom. The molecule has 5 atom stereocenters. The van der Waals surface area contributed by atoms with E-state index in [2.05, 4.69) is 26.1 Å². The SMILES string of the molecule is CC(C)[C@@H]1CC[C@@H](C)C[C@H]1C(O)NC[C@H](OC(=O)CN)c1ccccc1. The summed E-state index contributed by atoms with van der Waals surface area (Å²) in [6.07, 6.45) is 2.35. The average molecular weight is 363 g/mol. The number of nitrogens with one attached hydrogen (secondary N) is 1. The van der Waals surface area contributed by atoms with Gasteiger partial charge in [0.25, 0.3) is 0 Å². The molecule has 2 rings (SSSR count). The van der Waals surface area contributed by atoms with Crippen LogP contribution in [-0.4, -0.2) is 30.4 Å². The predicted molar refractivity (Wildman–Crippen MR) is 103 cm³/mol. The number of esters is 1. The molecule has 0 radical (unpaired) electrons. The summed E-state index contributed by atoms with van der Waals surface area (Å²) in [6.45, 7) is 6.94. The first-order valence-corrected chi connectivity index (χ1v) is 9.78. The minimum atomic E-state index is -0.604. The Hall–Kier alpha value is -1.43. The Bertz CT molecular complexity index is 549. The Morgan fingerprint density at radius 1 is 1.27 bits per heavy atom. The third-order valence-corrected chi connectivity index (χ3v) is 5.60. The molecule has 26 heavy (non-hydrogen) atoms. The van der Waals surface area contributed by atoms with E-state index in [4.69, 9.17) is 10.5 Å². The van der Waals surface area contributed by atoms with Gasteiger partial charge in [0.1, 0.15) is 12.3 Å². The second kappa shape index (κ2) is 10.0. The molecule has 0 aliphatic heterocycles. The lowest BCUT2D eigenvalue weighted by molar-refractivity contribution is -0.148. The molecule has 5 nitrogen and oxygen atoms in total. The Labute approximate surface area is 157 Å². The van der Waals surface area contributed by atoms with Gasteiger partial charge in [-0.2, -0.15) is 0 Å². The van der Waals surface area contributed by atoms with Crippen LogP contribution < -0.4 is 11.1 Å². The standard InChI is InChI=1S/C21H34N2O3/c1-14(2)17-10-9-15(3)11-18(17)21(25)23-13-19(26-20(24)12-22)16-7-5-4-6-8-16/h4-8,14-15,17-19,21,23,25H,9-13,22H2,1-3H3/t15-,17+,18-,19+,21?/m1/s1.